The van der Waals surface area contributed by atoms with Crippen LogP contribution in [0.25, 0.3) is 0 Å². The molecule has 3 rings (SSSR count). The summed E-state index contributed by atoms with van der Waals surface area (Å²) in [6.07, 6.45) is -0.371. The molecule has 0 radical (unpaired) electrons. The van der Waals surface area contributed by atoms with Crippen molar-refractivity contribution in [1.82, 2.24) is 4.90 Å². The van der Waals surface area contributed by atoms with Crippen LogP contribution >= 0.6 is 11.6 Å². The Morgan fingerprint density at radius 2 is 1.90 bits per heavy atom. The van der Waals surface area contributed by atoms with Crippen LogP contribution in [-0.4, -0.2) is 34.3 Å². The first-order chi connectivity index (χ1) is 9.97. The monoisotopic (exact) mass is 304 g/mol. The number of Topliss-reactive ketones (excluding diaryl/α,β-unsaturated/α-hetero) is 1. The molecule has 2 aliphatic rings. The van der Waals surface area contributed by atoms with Crippen LogP contribution in [-0.2, 0) is 14.4 Å². The lowest BCUT2D eigenvalue weighted by Crippen LogP contribution is -2.47. The molecule has 8 heteroatoms. The molecular formula is C13H9ClN4O3. The Kier molecular flexibility index (Phi) is 3.06. The molecule has 2 amide bonds. The van der Waals surface area contributed by atoms with E-state index in [0.717, 1.165) is 4.90 Å². The van der Waals surface area contributed by atoms with Gasteiger partial charge in [0.2, 0.25) is 17.7 Å². The van der Waals surface area contributed by atoms with Crippen LogP contribution in [0.15, 0.2) is 34.4 Å². The third-order valence-corrected chi connectivity index (χ3v) is 3.21. The molecule has 2 heterocycles. The van der Waals surface area contributed by atoms with Crippen LogP contribution < -0.4 is 5.01 Å². The molecular weight excluding hydrogens is 296 g/mol. The van der Waals surface area contributed by atoms with Crippen molar-refractivity contribution in [3.63, 3.8) is 0 Å². The molecule has 0 unspecified atom stereocenters. The lowest BCUT2D eigenvalue weighted by molar-refractivity contribution is -0.131. The Balaban J connectivity index is 2.11. The number of hydrogen-bond acceptors (Lipinski definition) is 5. The number of ketones is 1. The molecule has 0 saturated heterocycles. The predicted molar refractivity (Wildman–Crippen MR) is 76.0 cm³/mol. The van der Waals surface area contributed by atoms with E-state index in [0.29, 0.717) is 10.7 Å². The van der Waals surface area contributed by atoms with Gasteiger partial charge in [0.25, 0.3) is 5.91 Å². The Hall–Kier alpha value is -2.54. The normalized spacial score (nSPS) is 17.6. The molecule has 0 aliphatic carbocycles. The zero-order chi connectivity index (χ0) is 15.1. The highest BCUT2D eigenvalue weighted by Crippen LogP contribution is 2.26. The van der Waals surface area contributed by atoms with Gasteiger partial charge in [-0.25, -0.2) is 4.90 Å². The number of guanidine groups is 1. The van der Waals surface area contributed by atoms with E-state index in [1.165, 1.54) is 11.9 Å². The first-order valence-electron chi connectivity index (χ1n) is 6.07. The third-order valence-electron chi connectivity index (χ3n) is 2.96. The first kappa shape index (κ1) is 13.4. The van der Waals surface area contributed by atoms with Crippen molar-refractivity contribution >= 4 is 46.7 Å². The average Bonchev–Trinajstić information content (AvgIpc) is 2.79. The van der Waals surface area contributed by atoms with Crippen molar-refractivity contribution in [1.29, 1.82) is 0 Å². The second kappa shape index (κ2) is 4.78. The maximum absolute atomic E-state index is 12.0. The van der Waals surface area contributed by atoms with Crippen molar-refractivity contribution in [2.24, 2.45) is 10.1 Å². The van der Waals surface area contributed by atoms with Crippen molar-refractivity contribution in [2.75, 3.05) is 5.01 Å². The smallest absolute Gasteiger partial charge is 0.258 e. The fraction of sp³-hybridized carbons (Fsp3) is 0.154. The molecule has 0 fully saturated rings. The molecule has 106 valence electrons. The van der Waals surface area contributed by atoms with E-state index in [-0.39, 0.29) is 24.0 Å². The Labute approximate surface area is 124 Å². The summed E-state index contributed by atoms with van der Waals surface area (Å²) in [5.74, 6) is -1.51. The maximum atomic E-state index is 12.0. The average molecular weight is 305 g/mol. The van der Waals surface area contributed by atoms with Crippen molar-refractivity contribution in [3.8, 4) is 0 Å². The van der Waals surface area contributed by atoms with Crippen molar-refractivity contribution in [3.05, 3.63) is 29.3 Å². The largest absolute Gasteiger partial charge is 0.291 e. The molecule has 0 bridgehead atoms. The van der Waals surface area contributed by atoms with Crippen molar-refractivity contribution < 1.29 is 14.4 Å². The summed E-state index contributed by atoms with van der Waals surface area (Å²) >= 11 is 5.82. The first-order valence-corrected chi connectivity index (χ1v) is 6.45. The van der Waals surface area contributed by atoms with Gasteiger partial charge in [-0.05, 0) is 24.3 Å². The van der Waals surface area contributed by atoms with Gasteiger partial charge in [-0.3, -0.25) is 14.4 Å². The minimum atomic E-state index is -0.565. The number of fused-ring (bicyclic) bond motifs is 1. The van der Waals surface area contributed by atoms with Gasteiger partial charge in [0, 0.05) is 11.9 Å². The number of benzene rings is 1. The number of aliphatic imine (C=N–C) groups is 1. The number of carbonyl (C=O) groups is 3. The van der Waals surface area contributed by atoms with Gasteiger partial charge in [-0.2, -0.15) is 10.0 Å². The van der Waals surface area contributed by atoms with Crippen LogP contribution in [0.5, 0.6) is 0 Å². The Bertz CT molecular complexity index is 723. The zero-order valence-corrected chi connectivity index (χ0v) is 11.7. The summed E-state index contributed by atoms with van der Waals surface area (Å²) < 4.78 is 0. The second-order valence-electron chi connectivity index (χ2n) is 4.48. The van der Waals surface area contributed by atoms with E-state index in [4.69, 9.17) is 11.6 Å². The molecule has 0 aromatic heterocycles. The fourth-order valence-corrected chi connectivity index (χ4v) is 2.17. The molecule has 0 N–H and O–H groups in total. The van der Waals surface area contributed by atoms with Gasteiger partial charge in [-0.15, -0.1) is 5.10 Å². The van der Waals surface area contributed by atoms with Gasteiger partial charge in [0.15, 0.2) is 5.78 Å². The summed E-state index contributed by atoms with van der Waals surface area (Å²) in [5, 5.41) is 5.91. The molecule has 0 saturated carbocycles. The summed E-state index contributed by atoms with van der Waals surface area (Å²) in [6.45, 7) is 1.30. The van der Waals surface area contributed by atoms with Gasteiger partial charge in [-0.1, -0.05) is 11.6 Å². The third kappa shape index (κ3) is 2.21. The number of rotatable bonds is 2. The van der Waals surface area contributed by atoms with E-state index in [2.05, 4.69) is 10.1 Å². The van der Waals surface area contributed by atoms with Gasteiger partial charge >= 0.3 is 0 Å². The number of amides is 2. The molecule has 1 aromatic carbocycles. The molecule has 1 aromatic rings. The molecule has 0 spiro atoms. The van der Waals surface area contributed by atoms with Crippen LogP contribution in [0.3, 0.4) is 0 Å². The predicted octanol–water partition coefficient (Wildman–Crippen LogP) is 1.18. The Morgan fingerprint density at radius 3 is 2.52 bits per heavy atom. The maximum Gasteiger partial charge on any atom is 0.258 e. The lowest BCUT2D eigenvalue weighted by Gasteiger charge is -2.23. The lowest BCUT2D eigenvalue weighted by atomic mass is 10.2. The molecule has 21 heavy (non-hydrogen) atoms. The SMILES string of the molecule is CC(=O)C1=NN(c2ccc(Cl)cc2)C2=NC(=O)CC(=O)N12. The summed E-state index contributed by atoms with van der Waals surface area (Å²) in [5.41, 5.74) is 0.543. The molecule has 0 atom stereocenters. The standard InChI is InChI=1S/C13H9ClN4O3/c1-7(19)12-16-18(9-4-2-8(14)3-5-9)13-15-10(20)6-11(21)17(12)13/h2-5H,6H2,1H3. The second-order valence-corrected chi connectivity index (χ2v) is 4.92. The Morgan fingerprint density at radius 1 is 1.24 bits per heavy atom. The number of anilines is 1. The van der Waals surface area contributed by atoms with E-state index in [1.807, 2.05) is 0 Å². The fourth-order valence-electron chi connectivity index (χ4n) is 2.04. The van der Waals surface area contributed by atoms with Crippen molar-refractivity contribution in [2.45, 2.75) is 13.3 Å². The summed E-state index contributed by atoms with van der Waals surface area (Å²) in [6, 6.07) is 6.57. The minimum absolute atomic E-state index is 0.0174. The van der Waals surface area contributed by atoms with E-state index in [9.17, 15) is 14.4 Å². The topological polar surface area (TPSA) is 82.4 Å². The van der Waals surface area contributed by atoms with E-state index >= 15 is 0 Å². The van der Waals surface area contributed by atoms with Gasteiger partial charge < -0.3 is 0 Å². The molecule has 2 aliphatic heterocycles. The molecule has 7 nitrogen and oxygen atoms in total. The summed E-state index contributed by atoms with van der Waals surface area (Å²) in [4.78, 5) is 40.0. The van der Waals surface area contributed by atoms with E-state index in [1.54, 1.807) is 24.3 Å². The van der Waals surface area contributed by atoms with Crippen LogP contribution in [0.4, 0.5) is 5.69 Å². The van der Waals surface area contributed by atoms with Crippen LogP contribution in [0.2, 0.25) is 5.02 Å². The quantitative estimate of drug-likeness (QED) is 0.768. The number of amidine groups is 1. The van der Waals surface area contributed by atoms with Gasteiger partial charge in [0.05, 0.1) is 5.69 Å². The highest BCUT2D eigenvalue weighted by atomic mass is 35.5. The van der Waals surface area contributed by atoms with Gasteiger partial charge in [0.1, 0.15) is 6.42 Å². The highest BCUT2D eigenvalue weighted by molar-refractivity contribution is 6.48. The number of hydrogen-bond donors (Lipinski definition) is 0. The van der Waals surface area contributed by atoms with Crippen LogP contribution in [0.1, 0.15) is 13.3 Å². The number of carbonyl (C=O) groups excluding carboxylic acids is 3. The number of hydrazone groups is 1. The highest BCUT2D eigenvalue weighted by Gasteiger charge is 2.42. The van der Waals surface area contributed by atoms with Crippen LogP contribution in [0, 0.1) is 0 Å². The zero-order valence-electron chi connectivity index (χ0n) is 10.9. The minimum Gasteiger partial charge on any atom is -0.291 e. The number of halogens is 1. The van der Waals surface area contributed by atoms with E-state index < -0.39 is 11.8 Å². The summed E-state index contributed by atoms with van der Waals surface area (Å²) in [7, 11) is 0. The number of nitrogens with zero attached hydrogens (tertiary/aromatic N) is 4.